The molecule has 11 rings (SSSR count). The molecule has 0 saturated heterocycles. The minimum atomic E-state index is 0.876. The van der Waals surface area contributed by atoms with Crippen LogP contribution >= 0.6 is 11.3 Å². The molecule has 0 unspecified atom stereocenters. The van der Waals surface area contributed by atoms with Crippen molar-refractivity contribution < 1.29 is 4.42 Å². The second-order valence-electron chi connectivity index (χ2n) is 14.0. The summed E-state index contributed by atoms with van der Waals surface area (Å²) < 4.78 is 9.41. The second kappa shape index (κ2) is 12.9. The number of nitrogens with zero attached hydrogens (tertiary/aromatic N) is 1. The highest BCUT2D eigenvalue weighted by molar-refractivity contribution is 7.26. The van der Waals surface area contributed by atoms with Gasteiger partial charge in [0.1, 0.15) is 11.2 Å². The summed E-state index contributed by atoms with van der Waals surface area (Å²) in [6, 6.07) is 72.0. The van der Waals surface area contributed by atoms with Gasteiger partial charge in [0.2, 0.25) is 0 Å². The molecule has 3 heteroatoms. The standard InChI is InChI=1S/C52H33NOS/c1-2-12-34(13-3-1)35-24-26-36(27-25-35)37-28-30-39(31-29-37)53(47-21-11-20-44-42-17-7-9-23-49(42)55-52(44)47)46-33-32-43(41-19-10-15-38-14-4-5-16-40(38)41)51-50(46)45-18-6-8-22-48(45)54-51/h1-33H. The highest BCUT2D eigenvalue weighted by atomic mass is 32.1. The lowest BCUT2D eigenvalue weighted by atomic mass is 9.95. The van der Waals surface area contributed by atoms with Gasteiger partial charge in [0.15, 0.2) is 0 Å². The summed E-state index contributed by atoms with van der Waals surface area (Å²) in [6.07, 6.45) is 0. The smallest absolute Gasteiger partial charge is 0.145 e. The molecule has 0 aliphatic rings. The number of hydrogen-bond donors (Lipinski definition) is 0. The van der Waals surface area contributed by atoms with Crippen molar-refractivity contribution in [3.8, 4) is 33.4 Å². The predicted octanol–water partition coefficient (Wildman–Crippen LogP) is 15.6. The molecular weight excluding hydrogens is 687 g/mol. The lowest BCUT2D eigenvalue weighted by Crippen LogP contribution is -2.10. The maximum atomic E-state index is 6.88. The van der Waals surface area contributed by atoms with Crippen LogP contribution in [0, 0.1) is 0 Å². The van der Waals surface area contributed by atoms with E-state index in [0.29, 0.717) is 0 Å². The highest BCUT2D eigenvalue weighted by Crippen LogP contribution is 2.50. The Balaban J connectivity index is 1.13. The molecule has 11 aromatic rings. The number of benzene rings is 9. The predicted molar refractivity (Wildman–Crippen MR) is 235 cm³/mol. The summed E-state index contributed by atoms with van der Waals surface area (Å²) in [5, 5.41) is 7.15. The van der Waals surface area contributed by atoms with Gasteiger partial charge in [-0.1, -0.05) is 158 Å². The van der Waals surface area contributed by atoms with Crippen LogP contribution in [-0.2, 0) is 0 Å². The van der Waals surface area contributed by atoms with Crippen LogP contribution in [0.5, 0.6) is 0 Å². The quantitative estimate of drug-likeness (QED) is 0.170. The fourth-order valence-corrected chi connectivity index (χ4v) is 9.48. The summed E-state index contributed by atoms with van der Waals surface area (Å²) in [7, 11) is 0. The van der Waals surface area contributed by atoms with Crippen molar-refractivity contribution in [1.29, 1.82) is 0 Å². The molecule has 0 atom stereocenters. The van der Waals surface area contributed by atoms with E-state index >= 15 is 0 Å². The Kier molecular flexibility index (Phi) is 7.39. The molecule has 258 valence electrons. The molecule has 55 heavy (non-hydrogen) atoms. The average Bonchev–Trinajstić information content (AvgIpc) is 3.84. The molecule has 0 radical (unpaired) electrons. The van der Waals surface area contributed by atoms with Crippen LogP contribution in [0.15, 0.2) is 205 Å². The number of anilines is 3. The third kappa shape index (κ3) is 5.24. The summed E-state index contributed by atoms with van der Waals surface area (Å²) in [5.41, 5.74) is 12.1. The van der Waals surface area contributed by atoms with Crippen LogP contribution < -0.4 is 4.90 Å². The van der Waals surface area contributed by atoms with E-state index in [2.05, 4.69) is 205 Å². The minimum absolute atomic E-state index is 0.876. The Morgan fingerprint density at radius 1 is 0.382 bits per heavy atom. The van der Waals surface area contributed by atoms with Crippen molar-refractivity contribution in [2.24, 2.45) is 0 Å². The van der Waals surface area contributed by atoms with Crippen LogP contribution in [0.4, 0.5) is 17.1 Å². The normalized spacial score (nSPS) is 11.6. The minimum Gasteiger partial charge on any atom is -0.455 e. The third-order valence-electron chi connectivity index (χ3n) is 10.9. The van der Waals surface area contributed by atoms with Crippen LogP contribution in [0.2, 0.25) is 0 Å². The van der Waals surface area contributed by atoms with E-state index in [0.717, 1.165) is 50.1 Å². The summed E-state index contributed by atoms with van der Waals surface area (Å²) in [5.74, 6) is 0. The van der Waals surface area contributed by atoms with Crippen molar-refractivity contribution in [2.45, 2.75) is 0 Å². The van der Waals surface area contributed by atoms with Crippen molar-refractivity contribution in [2.75, 3.05) is 4.90 Å². The monoisotopic (exact) mass is 719 g/mol. The topological polar surface area (TPSA) is 16.4 Å². The number of para-hydroxylation sites is 1. The second-order valence-corrected chi connectivity index (χ2v) is 15.1. The van der Waals surface area contributed by atoms with Gasteiger partial charge in [-0.15, -0.1) is 11.3 Å². The largest absolute Gasteiger partial charge is 0.455 e. The first kappa shape index (κ1) is 31.6. The molecule has 0 spiro atoms. The van der Waals surface area contributed by atoms with Crippen molar-refractivity contribution in [3.05, 3.63) is 200 Å². The number of furan rings is 1. The first-order chi connectivity index (χ1) is 27.3. The maximum Gasteiger partial charge on any atom is 0.145 e. The number of hydrogen-bond acceptors (Lipinski definition) is 3. The van der Waals surface area contributed by atoms with E-state index in [1.807, 2.05) is 11.3 Å². The Labute approximate surface area is 322 Å². The number of rotatable bonds is 6. The molecule has 0 N–H and O–H groups in total. The van der Waals surface area contributed by atoms with Crippen molar-refractivity contribution >= 4 is 81.3 Å². The highest BCUT2D eigenvalue weighted by Gasteiger charge is 2.24. The zero-order valence-corrected chi connectivity index (χ0v) is 30.6. The van der Waals surface area contributed by atoms with Crippen LogP contribution in [-0.4, -0.2) is 0 Å². The lowest BCUT2D eigenvalue weighted by molar-refractivity contribution is 0.670. The Bertz CT molecular complexity index is 3190. The molecule has 2 nitrogen and oxygen atoms in total. The van der Waals surface area contributed by atoms with Gasteiger partial charge in [-0.2, -0.15) is 0 Å². The SMILES string of the molecule is c1ccc(-c2ccc(-c3ccc(N(c4cccc5c4sc4ccccc45)c4ccc(-c5cccc6ccccc56)c5oc6ccccc6c45)cc3)cc2)cc1. The molecule has 0 bridgehead atoms. The van der Waals surface area contributed by atoms with Gasteiger partial charge < -0.3 is 9.32 Å². The van der Waals surface area contributed by atoms with Crippen LogP contribution in [0.3, 0.4) is 0 Å². The summed E-state index contributed by atoms with van der Waals surface area (Å²) >= 11 is 1.85. The Morgan fingerprint density at radius 3 is 1.78 bits per heavy atom. The maximum absolute atomic E-state index is 6.88. The van der Waals surface area contributed by atoms with E-state index in [9.17, 15) is 0 Å². The van der Waals surface area contributed by atoms with Gasteiger partial charge >= 0.3 is 0 Å². The first-order valence-electron chi connectivity index (χ1n) is 18.7. The molecule has 0 aliphatic carbocycles. The van der Waals surface area contributed by atoms with E-state index in [1.54, 1.807) is 0 Å². The Hall–Kier alpha value is -6.94. The molecule has 0 saturated carbocycles. The van der Waals surface area contributed by atoms with Crippen molar-refractivity contribution in [1.82, 2.24) is 0 Å². The average molecular weight is 720 g/mol. The fourth-order valence-electron chi connectivity index (χ4n) is 8.27. The fraction of sp³-hybridized carbons (Fsp3) is 0. The Morgan fingerprint density at radius 2 is 0.982 bits per heavy atom. The van der Waals surface area contributed by atoms with Gasteiger partial charge in [0.25, 0.3) is 0 Å². The number of fused-ring (bicyclic) bond motifs is 7. The van der Waals surface area contributed by atoms with Crippen LogP contribution in [0.1, 0.15) is 0 Å². The van der Waals surface area contributed by atoms with Gasteiger partial charge in [-0.25, -0.2) is 0 Å². The van der Waals surface area contributed by atoms with Gasteiger partial charge in [-0.05, 0) is 81.1 Å². The number of thiophene rings is 1. The molecule has 0 aliphatic heterocycles. The molecule has 0 fully saturated rings. The van der Waals surface area contributed by atoms with Crippen LogP contribution in [0.25, 0.3) is 86.3 Å². The van der Waals surface area contributed by atoms with E-state index < -0.39 is 0 Å². The summed E-state index contributed by atoms with van der Waals surface area (Å²) in [4.78, 5) is 2.44. The van der Waals surface area contributed by atoms with Gasteiger partial charge in [-0.3, -0.25) is 0 Å². The molecule has 0 amide bonds. The van der Waals surface area contributed by atoms with Gasteiger partial charge in [0.05, 0.1) is 21.5 Å². The van der Waals surface area contributed by atoms with Gasteiger partial charge in [0, 0.05) is 32.1 Å². The summed E-state index contributed by atoms with van der Waals surface area (Å²) in [6.45, 7) is 0. The van der Waals surface area contributed by atoms with Crippen molar-refractivity contribution in [3.63, 3.8) is 0 Å². The molecular formula is C52H33NOS. The molecule has 2 aromatic heterocycles. The lowest BCUT2D eigenvalue weighted by Gasteiger charge is -2.27. The zero-order valence-electron chi connectivity index (χ0n) is 29.8. The first-order valence-corrected chi connectivity index (χ1v) is 19.5. The molecule has 2 heterocycles. The third-order valence-corrected chi connectivity index (χ3v) is 12.1. The molecule has 9 aromatic carbocycles. The zero-order chi connectivity index (χ0) is 36.3. The van der Waals surface area contributed by atoms with E-state index in [4.69, 9.17) is 4.42 Å². The van der Waals surface area contributed by atoms with E-state index in [1.165, 1.54) is 53.2 Å². The van der Waals surface area contributed by atoms with E-state index in [-0.39, 0.29) is 0 Å².